The third kappa shape index (κ3) is 3.89. The molecular formula is C21H20F4N4O2S. The smallest absolute Gasteiger partial charge is 0.274 e. The molecule has 1 aliphatic heterocycles. The molecule has 4 rings (SSSR count). The SMILES string of the molecule is C[C@]1(c2cc(NC(=O)c3ccc(OCF)cn3)ccc2F)N=C(N)SCC12CC(F)(F)C2. The van der Waals surface area contributed by atoms with E-state index in [2.05, 4.69) is 20.0 Å². The Morgan fingerprint density at radius 3 is 2.66 bits per heavy atom. The van der Waals surface area contributed by atoms with Crippen LogP contribution in [0.5, 0.6) is 5.75 Å². The predicted molar refractivity (Wildman–Crippen MR) is 113 cm³/mol. The largest absolute Gasteiger partial charge is 0.461 e. The number of carbonyl (C=O) groups is 1. The highest BCUT2D eigenvalue weighted by atomic mass is 32.2. The van der Waals surface area contributed by atoms with Gasteiger partial charge in [-0.25, -0.2) is 22.5 Å². The molecule has 2 aliphatic rings. The van der Waals surface area contributed by atoms with Gasteiger partial charge in [-0.05, 0) is 37.3 Å². The molecule has 2 aromatic rings. The van der Waals surface area contributed by atoms with Gasteiger partial charge in [-0.3, -0.25) is 9.79 Å². The van der Waals surface area contributed by atoms with Crippen molar-refractivity contribution in [2.24, 2.45) is 16.1 Å². The first-order valence-corrected chi connectivity index (χ1v) is 10.7. The second-order valence-corrected chi connectivity index (χ2v) is 9.08. The lowest BCUT2D eigenvalue weighted by atomic mass is 9.55. The number of amides is 1. The minimum atomic E-state index is -2.84. The molecule has 0 bridgehead atoms. The molecule has 1 atom stereocenters. The van der Waals surface area contributed by atoms with Crippen molar-refractivity contribution in [1.29, 1.82) is 0 Å². The number of halogens is 4. The molecule has 3 N–H and O–H groups in total. The van der Waals surface area contributed by atoms with Crippen molar-refractivity contribution in [3.8, 4) is 5.75 Å². The lowest BCUT2D eigenvalue weighted by Crippen LogP contribution is -2.60. The molecule has 0 unspecified atom stereocenters. The van der Waals surface area contributed by atoms with Crippen LogP contribution in [0.15, 0.2) is 41.5 Å². The molecule has 1 aliphatic carbocycles. The predicted octanol–water partition coefficient (Wildman–Crippen LogP) is 4.47. The molecule has 0 radical (unpaired) electrons. The molecule has 1 saturated carbocycles. The van der Waals surface area contributed by atoms with Crippen LogP contribution in [0.4, 0.5) is 23.2 Å². The number of alkyl halides is 3. The summed E-state index contributed by atoms with van der Waals surface area (Å²) in [6.45, 7) is 0.577. The molecule has 1 aromatic carbocycles. The normalized spacial score (nSPS) is 23.2. The lowest BCUT2D eigenvalue weighted by molar-refractivity contribution is -0.178. The van der Waals surface area contributed by atoms with Gasteiger partial charge in [-0.2, -0.15) is 0 Å². The van der Waals surface area contributed by atoms with Gasteiger partial charge in [0.1, 0.15) is 17.3 Å². The van der Waals surface area contributed by atoms with Crippen LogP contribution in [0.25, 0.3) is 0 Å². The Labute approximate surface area is 185 Å². The highest BCUT2D eigenvalue weighted by Gasteiger charge is 2.66. The number of ether oxygens (including phenoxy) is 1. The number of thioether (sulfide) groups is 1. The third-order valence-corrected chi connectivity index (χ3v) is 7.08. The number of pyridine rings is 1. The van der Waals surface area contributed by atoms with Crippen LogP contribution >= 0.6 is 11.8 Å². The number of amidine groups is 1. The lowest BCUT2D eigenvalue weighted by Gasteiger charge is -2.57. The molecule has 1 fully saturated rings. The molecule has 1 aromatic heterocycles. The minimum absolute atomic E-state index is 0.0275. The molecule has 6 nitrogen and oxygen atoms in total. The van der Waals surface area contributed by atoms with Crippen molar-refractivity contribution in [3.05, 3.63) is 53.6 Å². The molecule has 170 valence electrons. The molecule has 2 heterocycles. The van der Waals surface area contributed by atoms with Gasteiger partial charge in [-0.1, -0.05) is 11.8 Å². The van der Waals surface area contributed by atoms with E-state index < -0.39 is 48.3 Å². The van der Waals surface area contributed by atoms with E-state index in [4.69, 9.17) is 5.73 Å². The zero-order valence-electron chi connectivity index (χ0n) is 17.0. The van der Waals surface area contributed by atoms with Crippen molar-refractivity contribution in [2.75, 3.05) is 17.9 Å². The van der Waals surface area contributed by atoms with E-state index in [1.807, 2.05) is 0 Å². The highest BCUT2D eigenvalue weighted by molar-refractivity contribution is 8.13. The van der Waals surface area contributed by atoms with E-state index in [-0.39, 0.29) is 27.9 Å². The molecular weight excluding hydrogens is 448 g/mol. The van der Waals surface area contributed by atoms with Gasteiger partial charge in [0.25, 0.3) is 5.91 Å². The van der Waals surface area contributed by atoms with E-state index in [0.29, 0.717) is 5.75 Å². The Morgan fingerprint density at radius 1 is 1.28 bits per heavy atom. The molecule has 1 spiro atoms. The zero-order valence-corrected chi connectivity index (χ0v) is 17.8. The van der Waals surface area contributed by atoms with Gasteiger partial charge >= 0.3 is 0 Å². The summed E-state index contributed by atoms with van der Waals surface area (Å²) in [6.07, 6.45) is 0.352. The van der Waals surface area contributed by atoms with Crippen molar-refractivity contribution in [2.45, 2.75) is 31.2 Å². The minimum Gasteiger partial charge on any atom is -0.461 e. The monoisotopic (exact) mass is 468 g/mol. The molecule has 32 heavy (non-hydrogen) atoms. The number of hydrogen-bond acceptors (Lipinski definition) is 6. The van der Waals surface area contributed by atoms with Gasteiger partial charge in [0.2, 0.25) is 12.8 Å². The van der Waals surface area contributed by atoms with E-state index in [9.17, 15) is 22.4 Å². The standard InChI is InChI=1S/C21H20F4N4O2S/c1-19(20(8-21(24,25)9-20)10-32-18(26)29-19)14-6-12(2-4-15(14)23)28-17(30)16-5-3-13(7-27-16)31-11-22/h2-7H,8-11H2,1H3,(H2,26,29)(H,28,30)/t19-/m1/s1. The molecule has 11 heteroatoms. The summed E-state index contributed by atoms with van der Waals surface area (Å²) in [4.78, 5) is 20.8. The Hall–Kier alpha value is -2.82. The zero-order chi connectivity index (χ0) is 23.1. The van der Waals surface area contributed by atoms with Gasteiger partial charge in [0.15, 0.2) is 5.17 Å². The average molecular weight is 468 g/mol. The van der Waals surface area contributed by atoms with Crippen LogP contribution in [0.3, 0.4) is 0 Å². The average Bonchev–Trinajstić information content (AvgIpc) is 2.71. The fourth-order valence-electron chi connectivity index (χ4n) is 4.29. The number of nitrogens with two attached hydrogens (primary N) is 1. The number of benzene rings is 1. The van der Waals surface area contributed by atoms with E-state index in [0.717, 1.165) is 6.07 Å². The van der Waals surface area contributed by atoms with Gasteiger partial charge in [0.05, 0.1) is 11.7 Å². The Kier molecular flexibility index (Phi) is 5.56. The first-order chi connectivity index (χ1) is 15.1. The van der Waals surface area contributed by atoms with Crippen molar-refractivity contribution >= 4 is 28.5 Å². The van der Waals surface area contributed by atoms with E-state index >= 15 is 0 Å². The molecule has 0 saturated heterocycles. The van der Waals surface area contributed by atoms with Gasteiger partial charge in [0, 0.05) is 35.3 Å². The fourth-order valence-corrected chi connectivity index (χ4v) is 5.45. The van der Waals surface area contributed by atoms with Crippen LogP contribution < -0.4 is 15.8 Å². The molecule has 1 amide bonds. The summed E-state index contributed by atoms with van der Waals surface area (Å²) >= 11 is 1.18. The number of aromatic nitrogens is 1. The summed E-state index contributed by atoms with van der Waals surface area (Å²) < 4.78 is 59.5. The third-order valence-electron chi connectivity index (χ3n) is 6.00. The van der Waals surface area contributed by atoms with Crippen LogP contribution in [-0.2, 0) is 5.54 Å². The van der Waals surface area contributed by atoms with Gasteiger partial charge in [-0.15, -0.1) is 0 Å². The van der Waals surface area contributed by atoms with Crippen molar-refractivity contribution in [1.82, 2.24) is 4.98 Å². The fraction of sp³-hybridized carbons (Fsp3) is 0.381. The van der Waals surface area contributed by atoms with Crippen molar-refractivity contribution in [3.63, 3.8) is 0 Å². The van der Waals surface area contributed by atoms with Crippen LogP contribution in [0, 0.1) is 11.2 Å². The quantitative estimate of drug-likeness (QED) is 0.632. The summed E-state index contributed by atoms with van der Waals surface area (Å²) in [5.41, 5.74) is 3.95. The Morgan fingerprint density at radius 2 is 2.03 bits per heavy atom. The number of anilines is 1. The number of carbonyl (C=O) groups excluding carboxylic acids is 1. The summed E-state index contributed by atoms with van der Waals surface area (Å²) in [7, 11) is 0. The Balaban J connectivity index is 1.63. The van der Waals surface area contributed by atoms with Crippen LogP contribution in [0.2, 0.25) is 0 Å². The second-order valence-electron chi connectivity index (χ2n) is 8.08. The van der Waals surface area contributed by atoms with Crippen LogP contribution in [-0.4, -0.2) is 34.6 Å². The number of aliphatic imine (C=N–C) groups is 1. The maximum Gasteiger partial charge on any atom is 0.274 e. The second kappa shape index (κ2) is 7.95. The van der Waals surface area contributed by atoms with Crippen LogP contribution in [0.1, 0.15) is 35.8 Å². The summed E-state index contributed by atoms with van der Waals surface area (Å²) in [5, 5.41) is 2.80. The first kappa shape index (κ1) is 22.4. The van der Waals surface area contributed by atoms with E-state index in [1.54, 1.807) is 6.92 Å². The summed E-state index contributed by atoms with van der Waals surface area (Å²) in [5.74, 6) is -3.60. The van der Waals surface area contributed by atoms with E-state index in [1.165, 1.54) is 42.2 Å². The van der Waals surface area contributed by atoms with Gasteiger partial charge < -0.3 is 15.8 Å². The topological polar surface area (TPSA) is 89.6 Å². The maximum absolute atomic E-state index is 14.9. The Bertz CT molecular complexity index is 1070. The highest BCUT2D eigenvalue weighted by Crippen LogP contribution is 2.65. The van der Waals surface area contributed by atoms with Crippen molar-refractivity contribution < 1.29 is 27.1 Å². The number of nitrogens with one attached hydrogen (secondary N) is 1. The first-order valence-electron chi connectivity index (χ1n) is 9.70. The number of hydrogen-bond donors (Lipinski definition) is 2. The summed E-state index contributed by atoms with van der Waals surface area (Å²) in [6, 6.07) is 6.63. The maximum atomic E-state index is 14.9. The number of rotatable bonds is 5. The number of nitrogens with zero attached hydrogens (tertiary/aromatic N) is 2.